The molecule has 0 saturated heterocycles. The van der Waals surface area contributed by atoms with Gasteiger partial charge in [0.05, 0.1) is 30.3 Å². The Hall–Kier alpha value is -3.43. The maximum absolute atomic E-state index is 13.3. The highest BCUT2D eigenvalue weighted by Crippen LogP contribution is 2.23. The van der Waals surface area contributed by atoms with Crippen molar-refractivity contribution < 1.29 is 4.74 Å². The van der Waals surface area contributed by atoms with E-state index in [4.69, 9.17) is 9.72 Å². The molecule has 5 aromatic rings. The molecule has 0 aliphatic carbocycles. The molecule has 0 radical (unpaired) electrons. The van der Waals surface area contributed by atoms with E-state index in [-0.39, 0.29) is 11.1 Å². The molecule has 5 rings (SSSR count). The first-order valence-electron chi connectivity index (χ1n) is 10.3. The van der Waals surface area contributed by atoms with Crippen molar-refractivity contribution in [3.8, 4) is 5.75 Å². The van der Waals surface area contributed by atoms with E-state index in [9.17, 15) is 9.59 Å². The standard InChI is InChI=1S/C24H20N4O3S2/c1-15-13-32-24-25-17(11-21(29)28(15)24)14-33-23-26-20-6-4-3-5-19(20)22(30)27(23)12-16-7-9-18(31-2)10-8-16/h3-11,13H,12,14H2,1-2H3. The summed E-state index contributed by atoms with van der Waals surface area (Å²) in [6.07, 6.45) is 0. The summed E-state index contributed by atoms with van der Waals surface area (Å²) < 4.78 is 8.52. The molecule has 0 aliphatic heterocycles. The summed E-state index contributed by atoms with van der Waals surface area (Å²) in [5, 5.41) is 3.07. The van der Waals surface area contributed by atoms with Gasteiger partial charge in [0, 0.05) is 22.9 Å². The fraction of sp³-hybridized carbons (Fsp3) is 0.167. The van der Waals surface area contributed by atoms with Crippen LogP contribution < -0.4 is 15.9 Å². The zero-order valence-corrected chi connectivity index (χ0v) is 19.7. The van der Waals surface area contributed by atoms with Gasteiger partial charge in [0.25, 0.3) is 11.1 Å². The zero-order chi connectivity index (χ0) is 22.9. The Labute approximate surface area is 197 Å². The third-order valence-corrected chi connectivity index (χ3v) is 7.26. The summed E-state index contributed by atoms with van der Waals surface area (Å²) in [7, 11) is 1.62. The van der Waals surface area contributed by atoms with Crippen LogP contribution in [0.5, 0.6) is 5.75 Å². The highest BCUT2D eigenvalue weighted by molar-refractivity contribution is 7.98. The Morgan fingerprint density at radius 1 is 1.06 bits per heavy atom. The average molecular weight is 477 g/mol. The first kappa shape index (κ1) is 21.4. The highest BCUT2D eigenvalue weighted by Gasteiger charge is 2.14. The second-order valence-corrected chi connectivity index (χ2v) is 9.30. The number of fused-ring (bicyclic) bond motifs is 2. The largest absolute Gasteiger partial charge is 0.497 e. The second-order valence-electron chi connectivity index (χ2n) is 7.52. The van der Waals surface area contributed by atoms with Crippen LogP contribution in [-0.2, 0) is 12.3 Å². The lowest BCUT2D eigenvalue weighted by Crippen LogP contribution is -2.24. The summed E-state index contributed by atoms with van der Waals surface area (Å²) in [4.78, 5) is 35.9. The van der Waals surface area contributed by atoms with E-state index >= 15 is 0 Å². The number of hydrogen-bond acceptors (Lipinski definition) is 7. The number of ether oxygens (including phenoxy) is 1. The predicted octanol–water partition coefficient (Wildman–Crippen LogP) is 4.12. The van der Waals surface area contributed by atoms with E-state index < -0.39 is 0 Å². The van der Waals surface area contributed by atoms with Crippen molar-refractivity contribution in [2.24, 2.45) is 0 Å². The number of nitrogens with zero attached hydrogens (tertiary/aromatic N) is 4. The molecule has 3 aromatic heterocycles. The maximum atomic E-state index is 13.3. The van der Waals surface area contributed by atoms with Gasteiger partial charge in [-0.25, -0.2) is 9.97 Å². The van der Waals surface area contributed by atoms with Gasteiger partial charge in [-0.05, 0) is 36.8 Å². The number of aromatic nitrogens is 4. The van der Waals surface area contributed by atoms with Crippen LogP contribution in [0.15, 0.2) is 74.7 Å². The number of thiazole rings is 1. The van der Waals surface area contributed by atoms with Gasteiger partial charge in [0.15, 0.2) is 10.1 Å². The molecule has 166 valence electrons. The van der Waals surface area contributed by atoms with Crippen molar-refractivity contribution in [2.45, 2.75) is 24.4 Å². The van der Waals surface area contributed by atoms with Crippen LogP contribution >= 0.6 is 23.1 Å². The molecule has 0 saturated carbocycles. The number of methoxy groups -OCH3 is 1. The molecule has 0 spiro atoms. The molecule has 0 bridgehead atoms. The molecule has 0 atom stereocenters. The monoisotopic (exact) mass is 476 g/mol. The second kappa shape index (κ2) is 8.84. The fourth-order valence-corrected chi connectivity index (χ4v) is 5.41. The van der Waals surface area contributed by atoms with Gasteiger partial charge >= 0.3 is 0 Å². The molecule has 0 unspecified atom stereocenters. The predicted molar refractivity (Wildman–Crippen MR) is 132 cm³/mol. The number of rotatable bonds is 6. The molecule has 33 heavy (non-hydrogen) atoms. The molecule has 0 N–H and O–H groups in total. The van der Waals surface area contributed by atoms with Crippen LogP contribution in [0, 0.1) is 6.92 Å². The average Bonchev–Trinajstić information content (AvgIpc) is 3.21. The summed E-state index contributed by atoms with van der Waals surface area (Å²) in [6, 6.07) is 16.5. The third-order valence-electron chi connectivity index (χ3n) is 5.30. The Kier molecular flexibility index (Phi) is 5.74. The number of aryl methyl sites for hydroxylation is 1. The molecule has 0 amide bonds. The van der Waals surface area contributed by atoms with Gasteiger partial charge in [-0.2, -0.15) is 0 Å². The van der Waals surface area contributed by atoms with E-state index in [0.29, 0.717) is 39.0 Å². The summed E-state index contributed by atoms with van der Waals surface area (Å²) in [5.41, 5.74) is 2.94. The van der Waals surface area contributed by atoms with Gasteiger partial charge in [-0.1, -0.05) is 36.0 Å². The van der Waals surface area contributed by atoms with Gasteiger partial charge < -0.3 is 4.74 Å². The SMILES string of the molecule is COc1ccc(Cn2c(SCc3cc(=O)n4c(C)csc4n3)nc3ccccc3c2=O)cc1. The number of hydrogen-bond donors (Lipinski definition) is 0. The lowest BCUT2D eigenvalue weighted by atomic mass is 10.2. The Morgan fingerprint density at radius 2 is 1.85 bits per heavy atom. The first-order valence-corrected chi connectivity index (χ1v) is 12.1. The van der Waals surface area contributed by atoms with E-state index in [1.165, 1.54) is 23.1 Å². The minimum atomic E-state index is -0.101. The molecule has 7 nitrogen and oxygen atoms in total. The highest BCUT2D eigenvalue weighted by atomic mass is 32.2. The van der Waals surface area contributed by atoms with Crippen LogP contribution in [-0.4, -0.2) is 26.0 Å². The lowest BCUT2D eigenvalue weighted by molar-refractivity contribution is 0.414. The van der Waals surface area contributed by atoms with Crippen LogP contribution in [0.4, 0.5) is 0 Å². The van der Waals surface area contributed by atoms with Gasteiger partial charge in [0.2, 0.25) is 0 Å². The summed E-state index contributed by atoms with van der Waals surface area (Å²) in [5.74, 6) is 1.18. The van der Waals surface area contributed by atoms with Gasteiger partial charge in [-0.3, -0.25) is 18.6 Å². The number of benzene rings is 2. The molecular formula is C24H20N4O3S2. The van der Waals surface area contributed by atoms with Crippen molar-refractivity contribution >= 4 is 39.0 Å². The Morgan fingerprint density at radius 3 is 2.64 bits per heavy atom. The Bertz CT molecular complexity index is 1590. The van der Waals surface area contributed by atoms with Crippen LogP contribution in [0.1, 0.15) is 17.0 Å². The van der Waals surface area contributed by atoms with Crippen LogP contribution in [0.3, 0.4) is 0 Å². The van der Waals surface area contributed by atoms with Crippen LogP contribution in [0.25, 0.3) is 15.9 Å². The minimum Gasteiger partial charge on any atom is -0.497 e. The quantitative estimate of drug-likeness (QED) is 0.271. The third kappa shape index (κ3) is 4.17. The maximum Gasteiger partial charge on any atom is 0.262 e. The summed E-state index contributed by atoms with van der Waals surface area (Å²) in [6.45, 7) is 2.26. The number of thioether (sulfide) groups is 1. The molecule has 9 heteroatoms. The molecule has 0 fully saturated rings. The van der Waals surface area contributed by atoms with E-state index in [2.05, 4.69) is 4.98 Å². The smallest absolute Gasteiger partial charge is 0.262 e. The topological polar surface area (TPSA) is 78.5 Å². The van der Waals surface area contributed by atoms with E-state index in [1.807, 2.05) is 54.8 Å². The van der Waals surface area contributed by atoms with Crippen molar-refractivity contribution in [3.63, 3.8) is 0 Å². The molecule has 0 aliphatic rings. The van der Waals surface area contributed by atoms with Gasteiger partial charge in [0.1, 0.15) is 5.75 Å². The van der Waals surface area contributed by atoms with Crippen molar-refractivity contribution in [1.29, 1.82) is 0 Å². The van der Waals surface area contributed by atoms with Crippen LogP contribution in [0.2, 0.25) is 0 Å². The minimum absolute atomic E-state index is 0.101. The number of para-hydroxylation sites is 1. The zero-order valence-electron chi connectivity index (χ0n) is 18.0. The first-order chi connectivity index (χ1) is 16.0. The van der Waals surface area contributed by atoms with Crippen molar-refractivity contribution in [2.75, 3.05) is 7.11 Å². The fourth-order valence-electron chi connectivity index (χ4n) is 3.62. The Balaban J connectivity index is 1.52. The summed E-state index contributed by atoms with van der Waals surface area (Å²) >= 11 is 2.84. The van der Waals surface area contributed by atoms with E-state index in [1.54, 1.807) is 28.2 Å². The van der Waals surface area contributed by atoms with E-state index in [0.717, 1.165) is 17.0 Å². The van der Waals surface area contributed by atoms with Gasteiger partial charge in [-0.15, -0.1) is 11.3 Å². The van der Waals surface area contributed by atoms with Crippen molar-refractivity contribution in [1.82, 2.24) is 18.9 Å². The normalized spacial score (nSPS) is 11.3. The van der Waals surface area contributed by atoms with Crippen molar-refractivity contribution in [3.05, 3.63) is 97.6 Å². The molecular weight excluding hydrogens is 456 g/mol. The molecule has 3 heterocycles. The molecule has 2 aromatic carbocycles. The lowest BCUT2D eigenvalue weighted by Gasteiger charge is -2.13.